The van der Waals surface area contributed by atoms with Crippen molar-refractivity contribution in [1.82, 2.24) is 5.32 Å². The zero-order valence-electron chi connectivity index (χ0n) is 8.73. The van der Waals surface area contributed by atoms with E-state index in [1.807, 2.05) is 0 Å². The number of halogens is 2. The highest BCUT2D eigenvalue weighted by Crippen LogP contribution is 2.02. The fourth-order valence-corrected chi connectivity index (χ4v) is 1.84. The normalized spacial score (nSPS) is 14.5. The van der Waals surface area contributed by atoms with E-state index in [4.69, 9.17) is 0 Å². The highest BCUT2D eigenvalue weighted by atomic mass is 79.9. The van der Waals surface area contributed by atoms with Crippen LogP contribution in [0.25, 0.3) is 0 Å². The second kappa shape index (κ2) is 10.6. The molecule has 0 spiro atoms. The quantitative estimate of drug-likeness (QED) is 0.474. The van der Waals surface area contributed by atoms with Crippen LogP contribution in [0.5, 0.6) is 0 Å². The molecule has 1 N–H and O–H groups in total. The first-order valence-electron chi connectivity index (χ1n) is 5.15. The van der Waals surface area contributed by atoms with Gasteiger partial charge in [-0.2, -0.15) is 0 Å². The van der Waals surface area contributed by atoms with E-state index in [0.717, 1.165) is 10.7 Å². The van der Waals surface area contributed by atoms with Gasteiger partial charge in [-0.05, 0) is 12.8 Å². The molecule has 0 atom stereocenters. The summed E-state index contributed by atoms with van der Waals surface area (Å²) in [5, 5.41) is 4.46. The number of imide groups is 1. The molecule has 3 nitrogen and oxygen atoms in total. The van der Waals surface area contributed by atoms with Gasteiger partial charge in [-0.3, -0.25) is 14.9 Å². The number of nitrogens with one attached hydrogen (secondary N) is 1. The Morgan fingerprint density at radius 3 is 1.47 bits per heavy atom. The van der Waals surface area contributed by atoms with Crippen molar-refractivity contribution in [2.45, 2.75) is 38.5 Å². The average Bonchev–Trinajstić information content (AvgIpc) is 2.58. The summed E-state index contributed by atoms with van der Waals surface area (Å²) in [7, 11) is 0. The maximum Gasteiger partial charge on any atom is 0.227 e. The van der Waals surface area contributed by atoms with E-state index >= 15 is 0 Å². The summed E-state index contributed by atoms with van der Waals surface area (Å²) in [6.07, 6.45) is 6.14. The van der Waals surface area contributed by atoms with Crippen molar-refractivity contribution in [3.8, 4) is 0 Å². The highest BCUT2D eigenvalue weighted by Gasteiger charge is 2.15. The second-order valence-electron chi connectivity index (χ2n) is 3.26. The van der Waals surface area contributed by atoms with Crippen LogP contribution in [0.2, 0.25) is 0 Å². The Morgan fingerprint density at radius 1 is 0.867 bits per heavy atom. The van der Waals surface area contributed by atoms with Gasteiger partial charge in [-0.15, -0.1) is 0 Å². The monoisotopic (exact) mass is 341 g/mol. The molecule has 1 heterocycles. The lowest BCUT2D eigenvalue weighted by atomic mass is 10.2. The fraction of sp³-hybridized carbons (Fsp3) is 0.800. The van der Waals surface area contributed by atoms with Gasteiger partial charge < -0.3 is 0 Å². The first-order valence-corrected chi connectivity index (χ1v) is 7.39. The van der Waals surface area contributed by atoms with Gasteiger partial charge in [0.1, 0.15) is 0 Å². The lowest BCUT2D eigenvalue weighted by Gasteiger charge is -1.92. The minimum Gasteiger partial charge on any atom is -0.296 e. The summed E-state index contributed by atoms with van der Waals surface area (Å²) in [4.78, 5) is 20.2. The van der Waals surface area contributed by atoms with E-state index in [2.05, 4.69) is 37.2 Å². The molecule has 0 aromatic heterocycles. The van der Waals surface area contributed by atoms with E-state index in [-0.39, 0.29) is 11.8 Å². The second-order valence-corrected chi connectivity index (χ2v) is 4.85. The summed E-state index contributed by atoms with van der Waals surface area (Å²) in [5.41, 5.74) is 0. The average molecular weight is 343 g/mol. The van der Waals surface area contributed by atoms with Crippen LogP contribution in [0.15, 0.2) is 0 Å². The number of amides is 2. The number of alkyl halides is 2. The molecule has 1 rings (SSSR count). The first kappa shape index (κ1) is 15.1. The Kier molecular flexibility index (Phi) is 10.7. The number of carbonyl (C=O) groups excluding carboxylic acids is 2. The predicted molar refractivity (Wildman–Crippen MR) is 68.4 cm³/mol. The maximum atomic E-state index is 10.1. The zero-order valence-corrected chi connectivity index (χ0v) is 11.9. The van der Waals surface area contributed by atoms with Crippen LogP contribution in [-0.2, 0) is 9.59 Å². The third-order valence-corrected chi connectivity index (χ3v) is 3.00. The zero-order chi connectivity index (χ0) is 11.5. The number of carbonyl (C=O) groups is 2. The molecule has 0 radical (unpaired) electrons. The highest BCUT2D eigenvalue weighted by molar-refractivity contribution is 9.09. The summed E-state index contributed by atoms with van der Waals surface area (Å²) >= 11 is 6.78. The SMILES string of the molecule is BrCCCCCCBr.O=C1CCC(=O)N1. The molecule has 2 amide bonds. The Bertz CT molecular complexity index is 178. The molecule has 5 heteroatoms. The molecule has 0 aromatic carbocycles. The molecule has 0 aromatic rings. The van der Waals surface area contributed by atoms with Gasteiger partial charge in [0, 0.05) is 23.5 Å². The van der Waals surface area contributed by atoms with Gasteiger partial charge in [0.2, 0.25) is 11.8 Å². The van der Waals surface area contributed by atoms with E-state index in [1.165, 1.54) is 25.7 Å². The van der Waals surface area contributed by atoms with Gasteiger partial charge in [0.15, 0.2) is 0 Å². The van der Waals surface area contributed by atoms with Gasteiger partial charge >= 0.3 is 0 Å². The van der Waals surface area contributed by atoms with Crippen molar-refractivity contribution in [2.75, 3.05) is 10.7 Å². The molecule has 1 aliphatic heterocycles. The summed E-state index contributed by atoms with van der Waals surface area (Å²) in [6, 6.07) is 0. The van der Waals surface area contributed by atoms with Crippen LogP contribution in [-0.4, -0.2) is 22.5 Å². The maximum absolute atomic E-state index is 10.1. The minimum absolute atomic E-state index is 0.148. The van der Waals surface area contributed by atoms with Gasteiger partial charge in [0.25, 0.3) is 0 Å². The molecule has 0 bridgehead atoms. The lowest BCUT2D eigenvalue weighted by molar-refractivity contribution is -0.124. The third kappa shape index (κ3) is 10.4. The largest absolute Gasteiger partial charge is 0.296 e. The van der Waals surface area contributed by atoms with Gasteiger partial charge in [0.05, 0.1) is 0 Å². The molecule has 1 saturated heterocycles. The summed E-state index contributed by atoms with van der Waals surface area (Å²) in [5.74, 6) is -0.296. The summed E-state index contributed by atoms with van der Waals surface area (Å²) < 4.78 is 0. The van der Waals surface area contributed by atoms with Crippen LogP contribution in [0.1, 0.15) is 38.5 Å². The van der Waals surface area contributed by atoms with Gasteiger partial charge in [-0.25, -0.2) is 0 Å². The third-order valence-electron chi connectivity index (χ3n) is 1.88. The molecule has 15 heavy (non-hydrogen) atoms. The van der Waals surface area contributed by atoms with Crippen LogP contribution >= 0.6 is 31.9 Å². The Balaban J connectivity index is 0.000000262. The standard InChI is InChI=1S/C6H12Br2.C4H5NO2/c7-5-3-1-2-4-6-8;6-3-1-2-4(7)5-3/h1-6H2;1-2H2,(H,5,6,7). The Labute approximate surface area is 108 Å². The number of rotatable bonds is 5. The number of hydrogen-bond donors (Lipinski definition) is 1. The molecule has 1 aliphatic rings. The van der Waals surface area contributed by atoms with Crippen molar-refractivity contribution >= 4 is 43.7 Å². The Hall–Kier alpha value is 0.100. The molecule has 0 saturated carbocycles. The van der Waals surface area contributed by atoms with Crippen LogP contribution < -0.4 is 5.32 Å². The van der Waals surface area contributed by atoms with Crippen LogP contribution in [0, 0.1) is 0 Å². The fourth-order valence-electron chi connectivity index (χ4n) is 1.05. The first-order chi connectivity index (χ1) is 7.20. The van der Waals surface area contributed by atoms with E-state index in [1.54, 1.807) is 0 Å². The van der Waals surface area contributed by atoms with Crippen molar-refractivity contribution in [3.05, 3.63) is 0 Å². The van der Waals surface area contributed by atoms with Gasteiger partial charge in [-0.1, -0.05) is 44.7 Å². The van der Waals surface area contributed by atoms with Crippen LogP contribution in [0.4, 0.5) is 0 Å². The van der Waals surface area contributed by atoms with E-state index < -0.39 is 0 Å². The number of unbranched alkanes of at least 4 members (excludes halogenated alkanes) is 3. The topological polar surface area (TPSA) is 46.2 Å². The molecular formula is C10H17Br2NO2. The predicted octanol–water partition coefficient (Wildman–Crippen LogP) is 2.76. The van der Waals surface area contributed by atoms with Crippen molar-refractivity contribution in [1.29, 1.82) is 0 Å². The number of hydrogen-bond acceptors (Lipinski definition) is 2. The lowest BCUT2D eigenvalue weighted by Crippen LogP contribution is -2.18. The van der Waals surface area contributed by atoms with Crippen molar-refractivity contribution in [2.24, 2.45) is 0 Å². The summed E-state index contributed by atoms with van der Waals surface area (Å²) in [6.45, 7) is 0. The van der Waals surface area contributed by atoms with Crippen molar-refractivity contribution in [3.63, 3.8) is 0 Å². The molecule has 1 fully saturated rings. The van der Waals surface area contributed by atoms with E-state index in [9.17, 15) is 9.59 Å². The smallest absolute Gasteiger partial charge is 0.227 e. The van der Waals surface area contributed by atoms with Crippen LogP contribution in [0.3, 0.4) is 0 Å². The molecule has 0 aliphatic carbocycles. The minimum atomic E-state index is -0.148. The Morgan fingerprint density at radius 2 is 1.27 bits per heavy atom. The molecule has 88 valence electrons. The van der Waals surface area contributed by atoms with E-state index in [0.29, 0.717) is 12.8 Å². The molecular weight excluding hydrogens is 326 g/mol. The molecule has 0 unspecified atom stereocenters. The van der Waals surface area contributed by atoms with Crippen molar-refractivity contribution < 1.29 is 9.59 Å².